The Labute approximate surface area is 126 Å². The number of thiocarbonyl (C=S) groups is 1. The van der Waals surface area contributed by atoms with Gasteiger partial charge in [0.15, 0.2) is 5.11 Å². The third-order valence-electron chi connectivity index (χ3n) is 2.55. The van der Waals surface area contributed by atoms with Gasteiger partial charge in [-0.05, 0) is 42.0 Å². The molecule has 0 radical (unpaired) electrons. The number of nitrogens with two attached hydrogens (primary N) is 1. The van der Waals surface area contributed by atoms with Crippen molar-refractivity contribution in [1.82, 2.24) is 5.01 Å². The molecule has 0 fully saturated rings. The summed E-state index contributed by atoms with van der Waals surface area (Å²) in [5.41, 5.74) is 2.03. The van der Waals surface area contributed by atoms with Crippen LogP contribution in [-0.4, -0.2) is 10.1 Å². The van der Waals surface area contributed by atoms with E-state index in [4.69, 9.17) is 18.1 Å². The molecule has 0 bridgehead atoms. The van der Waals surface area contributed by atoms with Gasteiger partial charge in [-0.2, -0.15) is 0 Å². The summed E-state index contributed by atoms with van der Waals surface area (Å²) in [5.74, 6) is 5.95. The van der Waals surface area contributed by atoms with Gasteiger partial charge in [0.05, 0.1) is 6.54 Å². The SMILES string of the molecule is NN(Cc1ccccc1)C(=S)Nc1ccc(Br)cc1. The van der Waals surface area contributed by atoms with Gasteiger partial charge in [-0.3, -0.25) is 5.01 Å². The molecule has 19 heavy (non-hydrogen) atoms. The van der Waals surface area contributed by atoms with Gasteiger partial charge in [0.25, 0.3) is 0 Å². The van der Waals surface area contributed by atoms with E-state index in [0.29, 0.717) is 11.7 Å². The zero-order chi connectivity index (χ0) is 13.7. The Morgan fingerprint density at radius 1 is 1.11 bits per heavy atom. The lowest BCUT2D eigenvalue weighted by Gasteiger charge is -2.20. The zero-order valence-electron chi connectivity index (χ0n) is 10.2. The molecular weight excluding hydrogens is 322 g/mol. The van der Waals surface area contributed by atoms with Crippen LogP contribution in [0.15, 0.2) is 59.1 Å². The van der Waals surface area contributed by atoms with Crippen molar-refractivity contribution in [3.63, 3.8) is 0 Å². The lowest BCUT2D eigenvalue weighted by molar-refractivity contribution is 0.441. The van der Waals surface area contributed by atoms with Gasteiger partial charge in [-0.25, -0.2) is 5.84 Å². The number of nitrogens with one attached hydrogen (secondary N) is 1. The van der Waals surface area contributed by atoms with E-state index in [-0.39, 0.29) is 0 Å². The Hall–Kier alpha value is -1.43. The maximum atomic E-state index is 5.95. The smallest absolute Gasteiger partial charge is 0.188 e. The molecule has 2 rings (SSSR count). The maximum Gasteiger partial charge on any atom is 0.188 e. The lowest BCUT2D eigenvalue weighted by Crippen LogP contribution is -2.39. The first kappa shape index (κ1) is 14.0. The van der Waals surface area contributed by atoms with Gasteiger partial charge in [-0.15, -0.1) is 0 Å². The molecule has 0 aliphatic rings. The van der Waals surface area contributed by atoms with E-state index in [1.807, 2.05) is 54.6 Å². The first-order valence-corrected chi connectivity index (χ1v) is 6.98. The molecule has 3 nitrogen and oxygen atoms in total. The first-order valence-electron chi connectivity index (χ1n) is 5.78. The number of nitrogens with zero attached hydrogens (tertiary/aromatic N) is 1. The highest BCUT2D eigenvalue weighted by Gasteiger charge is 2.06. The second-order valence-corrected chi connectivity index (χ2v) is 5.35. The molecular formula is C14H14BrN3S. The summed E-state index contributed by atoms with van der Waals surface area (Å²) < 4.78 is 1.03. The van der Waals surface area contributed by atoms with Crippen molar-refractivity contribution in [3.05, 3.63) is 64.6 Å². The molecule has 0 amide bonds. The van der Waals surface area contributed by atoms with Gasteiger partial charge >= 0.3 is 0 Å². The van der Waals surface area contributed by atoms with Crippen LogP contribution in [-0.2, 0) is 6.54 Å². The van der Waals surface area contributed by atoms with E-state index in [9.17, 15) is 0 Å². The number of hydrogen-bond donors (Lipinski definition) is 2. The Kier molecular flexibility index (Phi) is 4.90. The number of halogens is 1. The molecule has 0 spiro atoms. The average molecular weight is 336 g/mol. The van der Waals surface area contributed by atoms with E-state index in [0.717, 1.165) is 15.7 Å². The second kappa shape index (κ2) is 6.65. The quantitative estimate of drug-likeness (QED) is 0.511. The van der Waals surface area contributed by atoms with Gasteiger partial charge in [0, 0.05) is 10.2 Å². The van der Waals surface area contributed by atoms with Crippen molar-refractivity contribution >= 4 is 38.9 Å². The van der Waals surface area contributed by atoms with Gasteiger partial charge < -0.3 is 5.32 Å². The van der Waals surface area contributed by atoms with Crippen molar-refractivity contribution in [2.24, 2.45) is 5.84 Å². The van der Waals surface area contributed by atoms with Gasteiger partial charge in [0.2, 0.25) is 0 Å². The third-order valence-corrected chi connectivity index (χ3v) is 3.42. The first-order chi connectivity index (χ1) is 9.15. The molecule has 0 aliphatic heterocycles. The summed E-state index contributed by atoms with van der Waals surface area (Å²) in [4.78, 5) is 0. The summed E-state index contributed by atoms with van der Waals surface area (Å²) >= 11 is 8.66. The topological polar surface area (TPSA) is 41.3 Å². The fourth-order valence-electron chi connectivity index (χ4n) is 1.58. The molecule has 0 saturated heterocycles. The molecule has 3 N–H and O–H groups in total. The molecule has 0 saturated carbocycles. The van der Waals surface area contributed by atoms with E-state index >= 15 is 0 Å². The molecule has 0 unspecified atom stereocenters. The van der Waals surface area contributed by atoms with Gasteiger partial charge in [0.1, 0.15) is 0 Å². The predicted molar refractivity (Wildman–Crippen MR) is 86.5 cm³/mol. The van der Waals surface area contributed by atoms with Crippen LogP contribution in [0.5, 0.6) is 0 Å². The number of hydrazine groups is 1. The van der Waals surface area contributed by atoms with Crippen molar-refractivity contribution < 1.29 is 0 Å². The molecule has 2 aromatic carbocycles. The van der Waals surface area contributed by atoms with Crippen LogP contribution in [0.4, 0.5) is 5.69 Å². The number of benzene rings is 2. The van der Waals surface area contributed by atoms with Crippen LogP contribution in [0.25, 0.3) is 0 Å². The second-order valence-electron chi connectivity index (χ2n) is 4.05. The summed E-state index contributed by atoms with van der Waals surface area (Å²) in [5, 5.41) is 5.11. The van der Waals surface area contributed by atoms with Crippen molar-refractivity contribution in [2.75, 3.05) is 5.32 Å². The summed E-state index contributed by atoms with van der Waals surface area (Å²) in [6.07, 6.45) is 0. The molecule has 5 heteroatoms. The zero-order valence-corrected chi connectivity index (χ0v) is 12.6. The Morgan fingerprint density at radius 3 is 2.37 bits per heavy atom. The minimum atomic E-state index is 0.492. The van der Waals surface area contributed by atoms with Crippen LogP contribution in [0, 0.1) is 0 Å². The predicted octanol–water partition coefficient (Wildman–Crippen LogP) is 3.52. The van der Waals surface area contributed by atoms with E-state index in [1.54, 1.807) is 0 Å². The van der Waals surface area contributed by atoms with Crippen LogP contribution in [0.1, 0.15) is 5.56 Å². The molecule has 98 valence electrons. The Bertz CT molecular complexity index is 542. The highest BCUT2D eigenvalue weighted by molar-refractivity contribution is 9.10. The third kappa shape index (κ3) is 4.31. The van der Waals surface area contributed by atoms with Crippen LogP contribution in [0.2, 0.25) is 0 Å². The number of rotatable bonds is 3. The van der Waals surface area contributed by atoms with Gasteiger partial charge in [-0.1, -0.05) is 46.3 Å². The van der Waals surface area contributed by atoms with Crippen molar-refractivity contribution in [2.45, 2.75) is 6.54 Å². The molecule has 0 heterocycles. The molecule has 0 aliphatic carbocycles. The summed E-state index contributed by atoms with van der Waals surface area (Å²) in [6, 6.07) is 17.7. The lowest BCUT2D eigenvalue weighted by atomic mass is 10.2. The highest BCUT2D eigenvalue weighted by Crippen LogP contribution is 2.14. The van der Waals surface area contributed by atoms with E-state index in [2.05, 4.69) is 21.2 Å². The Morgan fingerprint density at radius 2 is 1.74 bits per heavy atom. The van der Waals surface area contributed by atoms with Crippen LogP contribution in [0.3, 0.4) is 0 Å². The summed E-state index contributed by atoms with van der Waals surface area (Å²) in [7, 11) is 0. The standard InChI is InChI=1S/C14H14BrN3S/c15-12-6-8-13(9-7-12)17-14(19)18(16)10-11-4-2-1-3-5-11/h1-9H,10,16H2,(H,17,19). The fourth-order valence-corrected chi connectivity index (χ4v) is 2.03. The molecule has 0 aromatic heterocycles. The van der Waals surface area contributed by atoms with E-state index in [1.165, 1.54) is 5.01 Å². The monoisotopic (exact) mass is 335 g/mol. The molecule has 2 aromatic rings. The minimum absolute atomic E-state index is 0.492. The summed E-state index contributed by atoms with van der Waals surface area (Å²) in [6.45, 7) is 0.573. The fraction of sp³-hybridized carbons (Fsp3) is 0.0714. The Balaban J connectivity index is 1.94. The largest absolute Gasteiger partial charge is 0.332 e. The maximum absolute atomic E-state index is 5.95. The van der Waals surface area contributed by atoms with Crippen LogP contribution < -0.4 is 11.2 Å². The normalized spacial score (nSPS) is 10.0. The van der Waals surface area contributed by atoms with Crippen molar-refractivity contribution in [3.8, 4) is 0 Å². The minimum Gasteiger partial charge on any atom is -0.332 e. The van der Waals surface area contributed by atoms with E-state index < -0.39 is 0 Å². The number of hydrogen-bond acceptors (Lipinski definition) is 2. The molecule has 0 atom stereocenters. The van der Waals surface area contributed by atoms with Crippen LogP contribution >= 0.6 is 28.1 Å². The highest BCUT2D eigenvalue weighted by atomic mass is 79.9. The number of anilines is 1. The average Bonchev–Trinajstić information content (AvgIpc) is 2.42. The van der Waals surface area contributed by atoms with Crippen molar-refractivity contribution in [1.29, 1.82) is 0 Å².